The van der Waals surface area contributed by atoms with E-state index in [4.69, 9.17) is 5.11 Å². The molecule has 18 heavy (non-hydrogen) atoms. The quantitative estimate of drug-likeness (QED) is 0.898. The van der Waals surface area contributed by atoms with E-state index in [1.165, 1.54) is 12.5 Å². The number of hydrogen-bond acceptors (Lipinski definition) is 2. The Morgan fingerprint density at radius 1 is 1.56 bits per heavy atom. The van der Waals surface area contributed by atoms with Crippen molar-refractivity contribution in [3.63, 3.8) is 0 Å². The third-order valence-electron chi connectivity index (χ3n) is 3.44. The molecule has 0 spiro atoms. The first kappa shape index (κ1) is 13.0. The van der Waals surface area contributed by atoms with Gasteiger partial charge in [0.2, 0.25) is 0 Å². The van der Waals surface area contributed by atoms with E-state index in [0.717, 1.165) is 19.5 Å². The SMILES string of the molecule is CC1CCCN(Cc2cccc(C(=O)O)c2F)C1. The molecule has 1 N–H and O–H groups in total. The van der Waals surface area contributed by atoms with Crippen LogP contribution in [0.25, 0.3) is 0 Å². The zero-order valence-electron chi connectivity index (χ0n) is 10.5. The van der Waals surface area contributed by atoms with E-state index in [-0.39, 0.29) is 5.56 Å². The van der Waals surface area contributed by atoms with Gasteiger partial charge in [0.05, 0.1) is 5.56 Å². The van der Waals surface area contributed by atoms with Gasteiger partial charge in [-0.05, 0) is 31.4 Å². The first-order valence-corrected chi connectivity index (χ1v) is 6.31. The summed E-state index contributed by atoms with van der Waals surface area (Å²) in [5, 5.41) is 8.88. The van der Waals surface area contributed by atoms with E-state index in [2.05, 4.69) is 11.8 Å². The largest absolute Gasteiger partial charge is 0.478 e. The van der Waals surface area contributed by atoms with Crippen molar-refractivity contribution in [3.8, 4) is 0 Å². The second-order valence-electron chi connectivity index (χ2n) is 5.07. The summed E-state index contributed by atoms with van der Waals surface area (Å²) < 4.78 is 14.0. The molecule has 1 saturated heterocycles. The molecule has 0 saturated carbocycles. The van der Waals surface area contributed by atoms with Crippen molar-refractivity contribution in [2.24, 2.45) is 5.92 Å². The van der Waals surface area contributed by atoms with Crippen molar-refractivity contribution >= 4 is 5.97 Å². The number of hydrogen-bond donors (Lipinski definition) is 1. The monoisotopic (exact) mass is 251 g/mol. The van der Waals surface area contributed by atoms with Crippen LogP contribution in [0.15, 0.2) is 18.2 Å². The lowest BCUT2D eigenvalue weighted by molar-refractivity contribution is 0.0691. The fraction of sp³-hybridized carbons (Fsp3) is 0.500. The predicted molar refractivity (Wildman–Crippen MR) is 67.0 cm³/mol. The molecule has 0 aliphatic carbocycles. The Morgan fingerprint density at radius 3 is 3.00 bits per heavy atom. The highest BCUT2D eigenvalue weighted by Gasteiger charge is 2.19. The third-order valence-corrected chi connectivity index (χ3v) is 3.44. The van der Waals surface area contributed by atoms with Crippen LogP contribution in [-0.4, -0.2) is 29.1 Å². The van der Waals surface area contributed by atoms with Crippen LogP contribution < -0.4 is 0 Å². The maximum atomic E-state index is 14.0. The van der Waals surface area contributed by atoms with Crippen molar-refractivity contribution in [3.05, 3.63) is 35.1 Å². The van der Waals surface area contributed by atoms with Gasteiger partial charge in [-0.3, -0.25) is 4.90 Å². The summed E-state index contributed by atoms with van der Waals surface area (Å²) in [6.07, 6.45) is 2.34. The Bertz CT molecular complexity index is 447. The highest BCUT2D eigenvalue weighted by atomic mass is 19.1. The van der Waals surface area contributed by atoms with Gasteiger partial charge in [0.15, 0.2) is 0 Å². The average Bonchev–Trinajstić information content (AvgIpc) is 2.31. The number of halogens is 1. The second-order valence-corrected chi connectivity index (χ2v) is 5.07. The molecule has 0 bridgehead atoms. The standard InChI is InChI=1S/C14H18FNO2/c1-10-4-3-7-16(8-10)9-11-5-2-6-12(13(11)15)14(17)18/h2,5-6,10H,3-4,7-9H2,1H3,(H,17,18). The molecule has 1 unspecified atom stereocenters. The van der Waals surface area contributed by atoms with Crippen molar-refractivity contribution in [2.45, 2.75) is 26.3 Å². The van der Waals surface area contributed by atoms with Gasteiger partial charge >= 0.3 is 5.97 Å². The van der Waals surface area contributed by atoms with Gasteiger partial charge in [0.1, 0.15) is 5.82 Å². The molecule has 1 aliphatic rings. The molecule has 98 valence electrons. The molecule has 0 radical (unpaired) electrons. The Balaban J connectivity index is 2.14. The van der Waals surface area contributed by atoms with Crippen molar-refractivity contribution in [2.75, 3.05) is 13.1 Å². The van der Waals surface area contributed by atoms with Crippen LogP contribution in [0, 0.1) is 11.7 Å². The zero-order valence-corrected chi connectivity index (χ0v) is 10.5. The summed E-state index contributed by atoms with van der Waals surface area (Å²) in [7, 11) is 0. The molecule has 2 rings (SSSR count). The summed E-state index contributed by atoms with van der Waals surface area (Å²) in [5.41, 5.74) is 0.238. The second kappa shape index (κ2) is 5.48. The zero-order chi connectivity index (χ0) is 13.1. The first-order valence-electron chi connectivity index (χ1n) is 6.31. The molecule has 0 aromatic heterocycles. The predicted octanol–water partition coefficient (Wildman–Crippen LogP) is 2.76. The van der Waals surface area contributed by atoms with Crippen LogP contribution in [0.3, 0.4) is 0 Å². The minimum absolute atomic E-state index is 0.238. The number of carbonyl (C=O) groups is 1. The molecule has 0 amide bonds. The summed E-state index contributed by atoms with van der Waals surface area (Å²) in [6, 6.07) is 4.58. The third kappa shape index (κ3) is 2.88. The Hall–Kier alpha value is -1.42. The number of aromatic carboxylic acids is 1. The number of piperidine rings is 1. The van der Waals surface area contributed by atoms with Gasteiger partial charge in [-0.15, -0.1) is 0 Å². The van der Waals surface area contributed by atoms with E-state index in [1.54, 1.807) is 12.1 Å². The highest BCUT2D eigenvalue weighted by Crippen LogP contribution is 2.20. The Morgan fingerprint density at radius 2 is 2.33 bits per heavy atom. The maximum Gasteiger partial charge on any atom is 0.338 e. The van der Waals surface area contributed by atoms with Crippen molar-refractivity contribution < 1.29 is 14.3 Å². The van der Waals surface area contributed by atoms with E-state index in [1.807, 2.05) is 0 Å². The summed E-state index contributed by atoms with van der Waals surface area (Å²) in [5.74, 6) is -1.17. The lowest BCUT2D eigenvalue weighted by Gasteiger charge is -2.30. The lowest BCUT2D eigenvalue weighted by Crippen LogP contribution is -2.34. The van der Waals surface area contributed by atoms with Gasteiger partial charge in [-0.2, -0.15) is 0 Å². The van der Waals surface area contributed by atoms with Gasteiger partial charge in [-0.1, -0.05) is 19.1 Å². The maximum absolute atomic E-state index is 14.0. The van der Waals surface area contributed by atoms with Gasteiger partial charge in [0, 0.05) is 18.7 Å². The van der Waals surface area contributed by atoms with Crippen LogP contribution in [0.1, 0.15) is 35.7 Å². The minimum Gasteiger partial charge on any atom is -0.478 e. The van der Waals surface area contributed by atoms with E-state index < -0.39 is 11.8 Å². The van der Waals surface area contributed by atoms with Crippen LogP contribution >= 0.6 is 0 Å². The molecular formula is C14H18FNO2. The fourth-order valence-corrected chi connectivity index (χ4v) is 2.54. The molecular weight excluding hydrogens is 233 g/mol. The number of likely N-dealkylation sites (tertiary alicyclic amines) is 1. The van der Waals surface area contributed by atoms with Gasteiger partial charge in [-0.25, -0.2) is 9.18 Å². The van der Waals surface area contributed by atoms with Crippen LogP contribution in [-0.2, 0) is 6.54 Å². The van der Waals surface area contributed by atoms with E-state index in [0.29, 0.717) is 18.0 Å². The fourth-order valence-electron chi connectivity index (χ4n) is 2.54. The van der Waals surface area contributed by atoms with E-state index >= 15 is 0 Å². The molecule has 1 aliphatic heterocycles. The Kier molecular flexibility index (Phi) is 3.97. The minimum atomic E-state index is -1.21. The summed E-state index contributed by atoms with van der Waals surface area (Å²) in [4.78, 5) is 13.1. The van der Waals surface area contributed by atoms with Gasteiger partial charge in [0.25, 0.3) is 0 Å². The van der Waals surface area contributed by atoms with Crippen LogP contribution in [0.2, 0.25) is 0 Å². The average molecular weight is 251 g/mol. The molecule has 1 aromatic carbocycles. The van der Waals surface area contributed by atoms with Crippen molar-refractivity contribution in [1.29, 1.82) is 0 Å². The lowest BCUT2D eigenvalue weighted by atomic mass is 9.99. The summed E-state index contributed by atoms with van der Waals surface area (Å²) in [6.45, 7) is 4.60. The molecule has 1 fully saturated rings. The van der Waals surface area contributed by atoms with E-state index in [9.17, 15) is 9.18 Å². The number of carboxylic acid groups (broad SMARTS) is 1. The first-order chi connectivity index (χ1) is 8.58. The van der Waals surface area contributed by atoms with Crippen LogP contribution in [0.5, 0.6) is 0 Å². The molecule has 1 heterocycles. The molecule has 1 aromatic rings. The Labute approximate surface area is 106 Å². The van der Waals surface area contributed by atoms with Gasteiger partial charge < -0.3 is 5.11 Å². The summed E-state index contributed by atoms with van der Waals surface area (Å²) >= 11 is 0. The van der Waals surface area contributed by atoms with Crippen LogP contribution in [0.4, 0.5) is 4.39 Å². The number of carboxylic acids is 1. The number of benzene rings is 1. The molecule has 3 nitrogen and oxygen atoms in total. The van der Waals surface area contributed by atoms with Crippen molar-refractivity contribution in [1.82, 2.24) is 4.90 Å². The normalized spacial score (nSPS) is 20.9. The highest BCUT2D eigenvalue weighted by molar-refractivity contribution is 5.88. The number of rotatable bonds is 3. The number of nitrogens with zero attached hydrogens (tertiary/aromatic N) is 1. The molecule has 1 atom stereocenters. The smallest absolute Gasteiger partial charge is 0.338 e. The topological polar surface area (TPSA) is 40.5 Å². The molecule has 4 heteroatoms.